The van der Waals surface area contributed by atoms with Crippen LogP contribution in [0.5, 0.6) is 0 Å². The molecular weight excluding hydrogens is 300 g/mol. The van der Waals surface area contributed by atoms with Crippen LogP contribution in [0, 0.1) is 34.5 Å². The Morgan fingerprint density at radius 2 is 1.54 bits per heavy atom. The molecule has 0 aromatic rings. The number of aliphatic hydroxyl groups is 1. The van der Waals surface area contributed by atoms with Crippen LogP contribution >= 0.6 is 0 Å². The van der Waals surface area contributed by atoms with E-state index in [0.29, 0.717) is 5.41 Å². The molecular formula is C21H34O3. The molecule has 5 fully saturated rings. The molecule has 5 aliphatic rings. The molecule has 1 saturated heterocycles. The van der Waals surface area contributed by atoms with Gasteiger partial charge in [-0.1, -0.05) is 13.8 Å². The second-order valence-corrected chi connectivity index (χ2v) is 10.1. The summed E-state index contributed by atoms with van der Waals surface area (Å²) < 4.78 is 12.1. The first-order chi connectivity index (χ1) is 11.5. The van der Waals surface area contributed by atoms with E-state index in [9.17, 15) is 5.11 Å². The number of aliphatic hydroxyl groups excluding tert-OH is 1. The number of rotatable bonds is 0. The Balaban J connectivity index is 1.41. The van der Waals surface area contributed by atoms with Crippen LogP contribution in [-0.2, 0) is 9.47 Å². The van der Waals surface area contributed by atoms with Crippen molar-refractivity contribution in [3.8, 4) is 0 Å². The lowest BCUT2D eigenvalue weighted by Crippen LogP contribution is -2.56. The molecule has 3 nitrogen and oxygen atoms in total. The summed E-state index contributed by atoms with van der Waals surface area (Å²) in [7, 11) is 0. The summed E-state index contributed by atoms with van der Waals surface area (Å²) in [4.78, 5) is 0. The Morgan fingerprint density at radius 3 is 2.33 bits per heavy atom. The maximum absolute atomic E-state index is 10.6. The van der Waals surface area contributed by atoms with E-state index in [1.807, 2.05) is 0 Å². The molecule has 4 saturated carbocycles. The minimum atomic E-state index is -0.232. The van der Waals surface area contributed by atoms with Gasteiger partial charge in [0.15, 0.2) is 5.79 Å². The highest BCUT2D eigenvalue weighted by molar-refractivity contribution is 5.10. The lowest BCUT2D eigenvalue weighted by Gasteiger charge is -2.61. The summed E-state index contributed by atoms with van der Waals surface area (Å²) in [6, 6.07) is 0. The highest BCUT2D eigenvalue weighted by Crippen LogP contribution is 2.67. The van der Waals surface area contributed by atoms with Gasteiger partial charge in [0.1, 0.15) is 0 Å². The number of ether oxygens (including phenoxy) is 2. The summed E-state index contributed by atoms with van der Waals surface area (Å²) >= 11 is 0. The van der Waals surface area contributed by atoms with Crippen molar-refractivity contribution in [1.82, 2.24) is 0 Å². The Hall–Kier alpha value is -0.120. The topological polar surface area (TPSA) is 38.7 Å². The standard InChI is InChI=1S/C21H34O3/c1-19-9-10-21(23-11-12-24-21)13-14(19)3-4-15-16-5-6-18(22)20(16,2)8-7-17(15)19/h14-18,22H,3-13H2,1-2H3/t14-,15+,16+,17+,18-,19+,20+/m1/s1. The van der Waals surface area contributed by atoms with Crippen LogP contribution in [0.1, 0.15) is 71.6 Å². The van der Waals surface area contributed by atoms with Crippen LogP contribution in [0.15, 0.2) is 0 Å². The molecule has 136 valence electrons. The Labute approximate surface area is 146 Å². The van der Waals surface area contributed by atoms with E-state index in [1.54, 1.807) is 0 Å². The smallest absolute Gasteiger partial charge is 0.168 e. The van der Waals surface area contributed by atoms with E-state index in [1.165, 1.54) is 38.5 Å². The third kappa shape index (κ3) is 2.01. The Morgan fingerprint density at radius 1 is 0.792 bits per heavy atom. The molecule has 0 unspecified atom stereocenters. The third-order valence-corrected chi connectivity index (χ3v) is 9.43. The zero-order valence-corrected chi connectivity index (χ0v) is 15.4. The lowest BCUT2D eigenvalue weighted by molar-refractivity contribution is -0.230. The van der Waals surface area contributed by atoms with Crippen molar-refractivity contribution in [2.45, 2.75) is 83.5 Å². The molecule has 1 spiro atoms. The van der Waals surface area contributed by atoms with Crippen molar-refractivity contribution in [3.63, 3.8) is 0 Å². The molecule has 1 N–H and O–H groups in total. The molecule has 1 aliphatic heterocycles. The summed E-state index contributed by atoms with van der Waals surface area (Å²) in [6.07, 6.45) is 11.0. The Bertz CT molecular complexity index is 513. The van der Waals surface area contributed by atoms with Gasteiger partial charge < -0.3 is 14.6 Å². The first-order valence-electron chi connectivity index (χ1n) is 10.4. The van der Waals surface area contributed by atoms with Crippen LogP contribution in [0.3, 0.4) is 0 Å². The van der Waals surface area contributed by atoms with E-state index in [2.05, 4.69) is 13.8 Å². The quantitative estimate of drug-likeness (QED) is 0.724. The summed E-state index contributed by atoms with van der Waals surface area (Å²) in [5.41, 5.74) is 0.677. The first-order valence-corrected chi connectivity index (χ1v) is 10.4. The van der Waals surface area contributed by atoms with Gasteiger partial charge in [0, 0.05) is 12.8 Å². The number of hydrogen-bond donors (Lipinski definition) is 1. The molecule has 0 aromatic heterocycles. The first kappa shape index (κ1) is 16.1. The van der Waals surface area contributed by atoms with Gasteiger partial charge in [-0.25, -0.2) is 0 Å². The van der Waals surface area contributed by atoms with Crippen molar-refractivity contribution in [1.29, 1.82) is 0 Å². The largest absolute Gasteiger partial charge is 0.393 e. The maximum Gasteiger partial charge on any atom is 0.168 e. The molecule has 5 rings (SSSR count). The summed E-state index contributed by atoms with van der Waals surface area (Å²) in [5, 5.41) is 10.6. The zero-order valence-electron chi connectivity index (χ0n) is 15.4. The van der Waals surface area contributed by atoms with Crippen molar-refractivity contribution < 1.29 is 14.6 Å². The molecule has 0 amide bonds. The van der Waals surface area contributed by atoms with Gasteiger partial charge in [-0.3, -0.25) is 0 Å². The predicted molar refractivity (Wildman–Crippen MR) is 92.4 cm³/mol. The normalized spacial score (nSPS) is 55.9. The van der Waals surface area contributed by atoms with Gasteiger partial charge in [-0.05, 0) is 79.4 Å². The van der Waals surface area contributed by atoms with Crippen molar-refractivity contribution in [2.75, 3.05) is 13.2 Å². The van der Waals surface area contributed by atoms with Crippen molar-refractivity contribution in [3.05, 3.63) is 0 Å². The molecule has 7 atom stereocenters. The molecule has 3 heteroatoms. The second kappa shape index (κ2) is 5.20. The Kier molecular flexibility index (Phi) is 3.49. The van der Waals surface area contributed by atoms with Crippen LogP contribution in [0.2, 0.25) is 0 Å². The predicted octanol–water partition coefficient (Wildman–Crippen LogP) is 4.13. The molecule has 1 heterocycles. The van der Waals surface area contributed by atoms with Crippen LogP contribution in [-0.4, -0.2) is 30.2 Å². The zero-order chi connectivity index (χ0) is 16.6. The number of hydrogen-bond acceptors (Lipinski definition) is 3. The average molecular weight is 335 g/mol. The third-order valence-electron chi connectivity index (χ3n) is 9.43. The van der Waals surface area contributed by atoms with E-state index < -0.39 is 0 Å². The fourth-order valence-corrected chi connectivity index (χ4v) is 7.93. The van der Waals surface area contributed by atoms with Crippen molar-refractivity contribution in [2.24, 2.45) is 34.5 Å². The van der Waals surface area contributed by atoms with Crippen LogP contribution in [0.4, 0.5) is 0 Å². The van der Waals surface area contributed by atoms with Crippen LogP contribution < -0.4 is 0 Å². The highest BCUT2D eigenvalue weighted by atomic mass is 16.7. The molecule has 0 bridgehead atoms. The number of fused-ring (bicyclic) bond motifs is 5. The van der Waals surface area contributed by atoms with Gasteiger partial charge >= 0.3 is 0 Å². The second-order valence-electron chi connectivity index (χ2n) is 10.1. The highest BCUT2D eigenvalue weighted by Gasteiger charge is 2.61. The lowest BCUT2D eigenvalue weighted by atomic mass is 9.45. The molecule has 4 aliphatic carbocycles. The van der Waals surface area contributed by atoms with Gasteiger partial charge in [-0.15, -0.1) is 0 Å². The van der Waals surface area contributed by atoms with E-state index in [4.69, 9.17) is 9.47 Å². The fraction of sp³-hybridized carbons (Fsp3) is 1.00. The van der Waals surface area contributed by atoms with E-state index in [0.717, 1.165) is 56.1 Å². The minimum Gasteiger partial charge on any atom is -0.393 e. The SMILES string of the molecule is C[C@]12CCC3(C[C@H]1CC[C@@H]1[C@@H]2CC[C@]2(C)[C@H](O)CC[C@@H]12)OCCO3. The summed E-state index contributed by atoms with van der Waals surface area (Å²) in [6.45, 7) is 6.54. The van der Waals surface area contributed by atoms with E-state index >= 15 is 0 Å². The molecule has 24 heavy (non-hydrogen) atoms. The van der Waals surface area contributed by atoms with Gasteiger partial charge in [-0.2, -0.15) is 0 Å². The molecule has 0 aromatic carbocycles. The van der Waals surface area contributed by atoms with Gasteiger partial charge in [0.2, 0.25) is 0 Å². The average Bonchev–Trinajstić information content (AvgIpc) is 3.14. The van der Waals surface area contributed by atoms with E-state index in [-0.39, 0.29) is 17.3 Å². The minimum absolute atomic E-state index is 0.0520. The summed E-state index contributed by atoms with van der Waals surface area (Å²) in [5.74, 6) is 3.00. The molecule has 0 radical (unpaired) electrons. The monoisotopic (exact) mass is 334 g/mol. The van der Waals surface area contributed by atoms with Crippen LogP contribution in [0.25, 0.3) is 0 Å². The van der Waals surface area contributed by atoms with Gasteiger partial charge in [0.25, 0.3) is 0 Å². The van der Waals surface area contributed by atoms with Crippen molar-refractivity contribution >= 4 is 0 Å². The fourth-order valence-electron chi connectivity index (χ4n) is 7.93. The maximum atomic E-state index is 10.6. The van der Waals surface area contributed by atoms with Gasteiger partial charge in [0.05, 0.1) is 19.3 Å².